The molecule has 0 saturated heterocycles. The fourth-order valence-electron chi connectivity index (χ4n) is 0.960. The Kier molecular flexibility index (Phi) is 5.38. The minimum absolute atomic E-state index is 0. The van der Waals surface area contributed by atoms with Gasteiger partial charge in [-0.05, 0) is 13.8 Å². The average Bonchev–Trinajstić information content (AvgIpc) is 1.94. The molecule has 0 amide bonds. The van der Waals surface area contributed by atoms with Gasteiger partial charge >= 0.3 is 0 Å². The van der Waals surface area contributed by atoms with Gasteiger partial charge in [0.25, 0.3) is 0 Å². The van der Waals surface area contributed by atoms with E-state index in [-0.39, 0.29) is 44.1 Å². The Bertz CT molecular complexity index is 233. The number of hydrogen-bond donors (Lipinski definition) is 0. The predicted octanol–water partition coefficient (Wildman–Crippen LogP) is 2.94. The zero-order valence-corrected chi connectivity index (χ0v) is 12.0. The Morgan fingerprint density at radius 3 is 2.27 bits per heavy atom. The summed E-state index contributed by atoms with van der Waals surface area (Å²) in [5.74, 6) is 0. The van der Waals surface area contributed by atoms with Crippen LogP contribution in [0.4, 0.5) is 5.69 Å². The van der Waals surface area contributed by atoms with E-state index in [9.17, 15) is 0 Å². The molecular weight excluding hydrogens is 349 g/mol. The van der Waals surface area contributed by atoms with Crippen LogP contribution in [0.2, 0.25) is 0 Å². The first kappa shape index (κ1) is 11.5. The van der Waals surface area contributed by atoms with Crippen molar-refractivity contribution in [2.75, 3.05) is 7.05 Å². The van der Waals surface area contributed by atoms with E-state index in [0.29, 0.717) is 0 Å². The fourth-order valence-corrected chi connectivity index (χ4v) is 0.960. The maximum Gasteiger partial charge on any atom is 0 e. The second kappa shape index (κ2) is 5.17. The second-order valence-corrected chi connectivity index (χ2v) is 2.51. The SMILES string of the molecule is C[N-]c1cc(C)ccc1C.[Ac]. The largest absolute Gasteiger partial charge is 0.687 e. The molecule has 0 bridgehead atoms. The van der Waals surface area contributed by atoms with Crippen molar-refractivity contribution in [3.63, 3.8) is 0 Å². The summed E-state index contributed by atoms with van der Waals surface area (Å²) in [6, 6.07) is 6.29. The van der Waals surface area contributed by atoms with Gasteiger partial charge in [-0.3, -0.25) is 0 Å². The molecule has 1 radical (unpaired) electrons. The second-order valence-electron chi connectivity index (χ2n) is 2.51. The van der Waals surface area contributed by atoms with Crippen LogP contribution in [-0.4, -0.2) is 7.05 Å². The van der Waals surface area contributed by atoms with Crippen molar-refractivity contribution >= 4 is 5.69 Å². The normalized spacial score (nSPS) is 8.64. The molecule has 11 heavy (non-hydrogen) atoms. The van der Waals surface area contributed by atoms with Crippen LogP contribution in [0.3, 0.4) is 0 Å². The molecule has 1 aromatic carbocycles. The maximum absolute atomic E-state index is 4.13. The van der Waals surface area contributed by atoms with Crippen molar-refractivity contribution in [3.05, 3.63) is 34.6 Å². The predicted molar refractivity (Wildman–Crippen MR) is 44.9 cm³/mol. The van der Waals surface area contributed by atoms with Gasteiger partial charge in [0, 0.05) is 44.1 Å². The number of benzene rings is 1. The van der Waals surface area contributed by atoms with E-state index >= 15 is 0 Å². The van der Waals surface area contributed by atoms with Gasteiger partial charge < -0.3 is 5.32 Å². The number of aryl methyl sites for hydroxylation is 2. The molecule has 0 aliphatic rings. The van der Waals surface area contributed by atoms with Crippen molar-refractivity contribution in [3.8, 4) is 0 Å². The van der Waals surface area contributed by atoms with Crippen molar-refractivity contribution in [2.45, 2.75) is 13.8 Å². The first-order chi connectivity index (χ1) is 4.74. The Labute approximate surface area is 104 Å². The third-order valence-electron chi connectivity index (χ3n) is 1.61. The molecule has 0 spiro atoms. The van der Waals surface area contributed by atoms with E-state index < -0.39 is 0 Å². The molecule has 57 valence electrons. The summed E-state index contributed by atoms with van der Waals surface area (Å²) in [5, 5.41) is 4.13. The summed E-state index contributed by atoms with van der Waals surface area (Å²) >= 11 is 0. The minimum Gasteiger partial charge on any atom is -0.687 e. The molecule has 1 rings (SSSR count). The van der Waals surface area contributed by atoms with E-state index in [4.69, 9.17) is 0 Å². The van der Waals surface area contributed by atoms with Crippen molar-refractivity contribution < 1.29 is 44.1 Å². The van der Waals surface area contributed by atoms with Crippen molar-refractivity contribution in [1.29, 1.82) is 0 Å². The van der Waals surface area contributed by atoms with Crippen LogP contribution >= 0.6 is 0 Å². The standard InChI is InChI=1S/C9H12N.Ac/c1-7-4-5-8(2)9(6-7)10-3;/h4-6H,1-3H3;/q-1;. The smallest absolute Gasteiger partial charge is 0 e. The monoisotopic (exact) mass is 361 g/mol. The van der Waals surface area contributed by atoms with Crippen LogP contribution in [0.1, 0.15) is 11.1 Å². The molecule has 0 fully saturated rings. The molecule has 0 unspecified atom stereocenters. The van der Waals surface area contributed by atoms with Crippen molar-refractivity contribution in [2.24, 2.45) is 0 Å². The van der Waals surface area contributed by atoms with Crippen LogP contribution in [-0.2, 0) is 0 Å². The molecular formula is C9H12AcN-. The molecule has 1 nitrogen and oxygen atoms in total. The summed E-state index contributed by atoms with van der Waals surface area (Å²) in [4.78, 5) is 0. The minimum atomic E-state index is 0. The number of hydrogen-bond acceptors (Lipinski definition) is 0. The van der Waals surface area contributed by atoms with Gasteiger partial charge in [-0.1, -0.05) is 29.3 Å². The van der Waals surface area contributed by atoms with Crippen LogP contribution in [0, 0.1) is 57.9 Å². The van der Waals surface area contributed by atoms with Gasteiger partial charge in [-0.2, -0.15) is 0 Å². The molecule has 0 aliphatic heterocycles. The maximum atomic E-state index is 4.13. The third-order valence-corrected chi connectivity index (χ3v) is 1.61. The van der Waals surface area contributed by atoms with Gasteiger partial charge in [0.15, 0.2) is 0 Å². The third kappa shape index (κ3) is 3.13. The fraction of sp³-hybridized carbons (Fsp3) is 0.333. The van der Waals surface area contributed by atoms with Gasteiger partial charge in [-0.15, -0.1) is 12.7 Å². The Hall–Kier alpha value is 0.462. The van der Waals surface area contributed by atoms with E-state index in [2.05, 4.69) is 37.4 Å². The van der Waals surface area contributed by atoms with E-state index in [1.54, 1.807) is 0 Å². The molecule has 1 aromatic rings. The topological polar surface area (TPSA) is 14.1 Å². The molecule has 0 N–H and O–H groups in total. The van der Waals surface area contributed by atoms with Gasteiger partial charge in [0.2, 0.25) is 0 Å². The van der Waals surface area contributed by atoms with Crippen LogP contribution in [0.15, 0.2) is 18.2 Å². The molecule has 0 aliphatic carbocycles. The van der Waals surface area contributed by atoms with E-state index in [1.165, 1.54) is 11.1 Å². The van der Waals surface area contributed by atoms with Crippen LogP contribution in [0.5, 0.6) is 0 Å². The Morgan fingerprint density at radius 1 is 1.18 bits per heavy atom. The van der Waals surface area contributed by atoms with Gasteiger partial charge in [0.1, 0.15) is 0 Å². The molecule has 0 heterocycles. The number of rotatable bonds is 1. The number of nitrogens with zero attached hydrogens (tertiary/aromatic N) is 1. The average molecular weight is 361 g/mol. The zero-order valence-electron chi connectivity index (χ0n) is 7.26. The van der Waals surface area contributed by atoms with Crippen molar-refractivity contribution in [1.82, 2.24) is 0 Å². The summed E-state index contributed by atoms with van der Waals surface area (Å²) in [6.45, 7) is 4.15. The molecule has 0 saturated carbocycles. The first-order valence-electron chi connectivity index (χ1n) is 3.41. The Balaban J connectivity index is 0.000001000. The molecule has 2 heteroatoms. The Morgan fingerprint density at radius 2 is 1.82 bits per heavy atom. The summed E-state index contributed by atoms with van der Waals surface area (Å²) < 4.78 is 0. The molecule has 0 atom stereocenters. The first-order valence-corrected chi connectivity index (χ1v) is 3.41. The van der Waals surface area contributed by atoms with E-state index in [0.717, 1.165) is 5.69 Å². The van der Waals surface area contributed by atoms with Crippen LogP contribution < -0.4 is 0 Å². The van der Waals surface area contributed by atoms with Gasteiger partial charge in [-0.25, -0.2) is 0 Å². The van der Waals surface area contributed by atoms with E-state index in [1.807, 2.05) is 7.05 Å². The summed E-state index contributed by atoms with van der Waals surface area (Å²) in [5.41, 5.74) is 3.61. The summed E-state index contributed by atoms with van der Waals surface area (Å²) in [6.07, 6.45) is 0. The quantitative estimate of drug-likeness (QED) is 0.731. The molecule has 0 aromatic heterocycles. The zero-order chi connectivity index (χ0) is 7.56. The van der Waals surface area contributed by atoms with Gasteiger partial charge in [0.05, 0.1) is 0 Å². The summed E-state index contributed by atoms with van der Waals surface area (Å²) in [7, 11) is 1.82. The van der Waals surface area contributed by atoms with Crippen LogP contribution in [0.25, 0.3) is 5.32 Å².